The van der Waals surface area contributed by atoms with Crippen LogP contribution < -0.4 is 15.0 Å². The maximum absolute atomic E-state index is 5.37. The number of hydrogen-bond acceptors (Lipinski definition) is 5. The van der Waals surface area contributed by atoms with Crippen molar-refractivity contribution in [3.63, 3.8) is 0 Å². The lowest BCUT2D eigenvalue weighted by atomic mass is 10.2. The SMILES string of the molecule is C=C(C)CN=C(NCCn1cnnc1CC)N1CCN(c2cccc(OC)c2)CC1.I. The fourth-order valence-corrected chi connectivity index (χ4v) is 3.49. The van der Waals surface area contributed by atoms with Crippen LogP contribution in [0.1, 0.15) is 19.7 Å². The monoisotopic (exact) mass is 539 g/mol. The molecule has 0 aliphatic carbocycles. The van der Waals surface area contributed by atoms with Gasteiger partial charge in [0.25, 0.3) is 0 Å². The Morgan fingerprint density at radius 3 is 2.71 bits per heavy atom. The molecule has 8 nitrogen and oxygen atoms in total. The Kier molecular flexibility index (Phi) is 10.1. The summed E-state index contributed by atoms with van der Waals surface area (Å²) < 4.78 is 7.45. The van der Waals surface area contributed by atoms with E-state index in [1.165, 1.54) is 5.69 Å². The molecule has 1 aromatic carbocycles. The number of nitrogens with one attached hydrogen (secondary N) is 1. The molecule has 2 aromatic rings. The molecule has 0 spiro atoms. The summed E-state index contributed by atoms with van der Waals surface area (Å²) in [4.78, 5) is 9.50. The van der Waals surface area contributed by atoms with Crippen LogP contribution in [0.3, 0.4) is 0 Å². The Hall–Kier alpha value is -2.30. The highest BCUT2D eigenvalue weighted by atomic mass is 127. The van der Waals surface area contributed by atoms with E-state index < -0.39 is 0 Å². The zero-order chi connectivity index (χ0) is 21.3. The van der Waals surface area contributed by atoms with Crippen molar-refractivity contribution in [2.24, 2.45) is 4.99 Å². The molecule has 0 atom stereocenters. The average molecular weight is 539 g/mol. The molecular weight excluding hydrogens is 505 g/mol. The average Bonchev–Trinajstić information content (AvgIpc) is 3.23. The van der Waals surface area contributed by atoms with Crippen molar-refractivity contribution in [3.05, 3.63) is 48.6 Å². The number of piperazine rings is 1. The highest BCUT2D eigenvalue weighted by Crippen LogP contribution is 2.22. The summed E-state index contributed by atoms with van der Waals surface area (Å²) in [5, 5.41) is 11.7. The van der Waals surface area contributed by atoms with E-state index in [4.69, 9.17) is 9.73 Å². The van der Waals surface area contributed by atoms with E-state index in [0.29, 0.717) is 6.54 Å². The Bertz CT molecular complexity index is 859. The van der Waals surface area contributed by atoms with Gasteiger partial charge in [-0.3, -0.25) is 0 Å². The maximum Gasteiger partial charge on any atom is 0.194 e. The number of rotatable bonds is 8. The summed E-state index contributed by atoms with van der Waals surface area (Å²) in [7, 11) is 1.70. The second-order valence-corrected chi connectivity index (χ2v) is 7.49. The van der Waals surface area contributed by atoms with Gasteiger partial charge in [-0.15, -0.1) is 34.2 Å². The van der Waals surface area contributed by atoms with Gasteiger partial charge in [0.15, 0.2) is 5.96 Å². The Labute approximate surface area is 202 Å². The van der Waals surface area contributed by atoms with Crippen LogP contribution in [0.2, 0.25) is 0 Å². The van der Waals surface area contributed by atoms with Crippen LogP contribution in [0.4, 0.5) is 5.69 Å². The Morgan fingerprint density at radius 1 is 1.26 bits per heavy atom. The number of nitrogens with zero attached hydrogens (tertiary/aromatic N) is 6. The van der Waals surface area contributed by atoms with Gasteiger partial charge in [-0.25, -0.2) is 4.99 Å². The fourth-order valence-electron chi connectivity index (χ4n) is 3.49. The first-order valence-electron chi connectivity index (χ1n) is 10.5. The van der Waals surface area contributed by atoms with Crippen molar-refractivity contribution in [2.75, 3.05) is 51.3 Å². The number of methoxy groups -OCH3 is 1. The summed E-state index contributed by atoms with van der Waals surface area (Å²) in [5.74, 6) is 2.83. The first-order chi connectivity index (χ1) is 14.6. The molecular formula is C22H34IN7O. The third-order valence-electron chi connectivity index (χ3n) is 5.14. The summed E-state index contributed by atoms with van der Waals surface area (Å²) in [6, 6.07) is 8.24. The quantitative estimate of drug-likeness (QED) is 0.241. The van der Waals surface area contributed by atoms with Crippen molar-refractivity contribution in [1.82, 2.24) is 25.0 Å². The van der Waals surface area contributed by atoms with Crippen LogP contribution in [0.5, 0.6) is 5.75 Å². The zero-order valence-electron chi connectivity index (χ0n) is 18.8. The number of aliphatic imine (C=N–C) groups is 1. The molecule has 0 unspecified atom stereocenters. The first kappa shape index (κ1) is 25.0. The number of guanidine groups is 1. The minimum atomic E-state index is 0. The van der Waals surface area contributed by atoms with E-state index >= 15 is 0 Å². The lowest BCUT2D eigenvalue weighted by Gasteiger charge is -2.38. The number of anilines is 1. The summed E-state index contributed by atoms with van der Waals surface area (Å²) in [5.41, 5.74) is 2.25. The smallest absolute Gasteiger partial charge is 0.194 e. The van der Waals surface area contributed by atoms with Gasteiger partial charge in [0, 0.05) is 57.4 Å². The highest BCUT2D eigenvalue weighted by molar-refractivity contribution is 14.0. The predicted molar refractivity (Wildman–Crippen MR) is 137 cm³/mol. The van der Waals surface area contributed by atoms with E-state index in [2.05, 4.69) is 55.5 Å². The maximum atomic E-state index is 5.37. The molecule has 1 N–H and O–H groups in total. The van der Waals surface area contributed by atoms with Crippen molar-refractivity contribution in [1.29, 1.82) is 0 Å². The molecule has 0 bridgehead atoms. The normalized spacial score (nSPS) is 14.2. The zero-order valence-corrected chi connectivity index (χ0v) is 21.1. The molecule has 1 aromatic heterocycles. The molecule has 9 heteroatoms. The summed E-state index contributed by atoms with van der Waals surface area (Å²) in [6.45, 7) is 14.0. The van der Waals surface area contributed by atoms with Gasteiger partial charge in [-0.2, -0.15) is 0 Å². The lowest BCUT2D eigenvalue weighted by molar-refractivity contribution is 0.370. The van der Waals surface area contributed by atoms with E-state index in [-0.39, 0.29) is 24.0 Å². The predicted octanol–water partition coefficient (Wildman–Crippen LogP) is 2.81. The molecule has 1 saturated heterocycles. The number of benzene rings is 1. The summed E-state index contributed by atoms with van der Waals surface area (Å²) in [6.07, 6.45) is 2.67. The van der Waals surface area contributed by atoms with Gasteiger partial charge in [0.05, 0.1) is 13.7 Å². The molecule has 0 saturated carbocycles. The Balaban J connectivity index is 0.00000341. The molecule has 31 heavy (non-hydrogen) atoms. The fraction of sp³-hybridized carbons (Fsp3) is 0.500. The van der Waals surface area contributed by atoms with Crippen LogP contribution in [-0.4, -0.2) is 72.0 Å². The van der Waals surface area contributed by atoms with Crippen LogP contribution in [-0.2, 0) is 13.0 Å². The first-order valence-corrected chi connectivity index (χ1v) is 10.5. The van der Waals surface area contributed by atoms with Gasteiger partial charge in [0.1, 0.15) is 17.9 Å². The van der Waals surface area contributed by atoms with Crippen molar-refractivity contribution < 1.29 is 4.74 Å². The second-order valence-electron chi connectivity index (χ2n) is 7.49. The topological polar surface area (TPSA) is 70.8 Å². The molecule has 1 fully saturated rings. The lowest BCUT2D eigenvalue weighted by Crippen LogP contribution is -2.53. The highest BCUT2D eigenvalue weighted by Gasteiger charge is 2.20. The molecule has 1 aliphatic heterocycles. The summed E-state index contributed by atoms with van der Waals surface area (Å²) >= 11 is 0. The number of aryl methyl sites for hydroxylation is 1. The van der Waals surface area contributed by atoms with E-state index in [1.54, 1.807) is 13.4 Å². The Morgan fingerprint density at radius 2 is 2.03 bits per heavy atom. The molecule has 0 radical (unpaired) electrons. The third-order valence-corrected chi connectivity index (χ3v) is 5.14. The second kappa shape index (κ2) is 12.5. The van der Waals surface area contributed by atoms with Gasteiger partial charge >= 0.3 is 0 Å². The largest absolute Gasteiger partial charge is 0.497 e. The molecule has 0 amide bonds. The van der Waals surface area contributed by atoms with E-state index in [1.807, 2.05) is 19.1 Å². The number of halogens is 1. The van der Waals surface area contributed by atoms with Gasteiger partial charge < -0.3 is 24.4 Å². The number of ether oxygens (including phenoxy) is 1. The van der Waals surface area contributed by atoms with Crippen molar-refractivity contribution >= 4 is 35.6 Å². The minimum absolute atomic E-state index is 0. The molecule has 3 rings (SSSR count). The van der Waals surface area contributed by atoms with Gasteiger partial charge in [0.2, 0.25) is 0 Å². The van der Waals surface area contributed by atoms with E-state index in [9.17, 15) is 0 Å². The molecule has 170 valence electrons. The standard InChI is InChI=1S/C22H33N7O.HI/c1-5-21-26-25-17-29(21)10-9-23-22(24-16-18(2)3)28-13-11-27(12-14-28)19-7-6-8-20(15-19)30-4;/h6-8,15,17H,2,5,9-14,16H2,1,3-4H3,(H,23,24);1H. The van der Waals surface area contributed by atoms with Crippen LogP contribution in [0.15, 0.2) is 47.7 Å². The number of hydrogen-bond donors (Lipinski definition) is 1. The van der Waals surface area contributed by atoms with Crippen LogP contribution in [0, 0.1) is 0 Å². The molecule has 1 aliphatic rings. The van der Waals surface area contributed by atoms with Crippen LogP contribution >= 0.6 is 24.0 Å². The number of aromatic nitrogens is 3. The van der Waals surface area contributed by atoms with Crippen molar-refractivity contribution in [3.8, 4) is 5.75 Å². The third kappa shape index (κ3) is 7.12. The minimum Gasteiger partial charge on any atom is -0.497 e. The molecule has 2 heterocycles. The van der Waals surface area contributed by atoms with Crippen molar-refractivity contribution in [2.45, 2.75) is 26.8 Å². The van der Waals surface area contributed by atoms with Gasteiger partial charge in [-0.1, -0.05) is 25.1 Å². The van der Waals surface area contributed by atoms with E-state index in [0.717, 1.165) is 68.8 Å². The van der Waals surface area contributed by atoms with Crippen LogP contribution in [0.25, 0.3) is 0 Å². The van der Waals surface area contributed by atoms with Gasteiger partial charge in [-0.05, 0) is 19.1 Å².